The van der Waals surface area contributed by atoms with Crippen LogP contribution in [0.2, 0.25) is 0 Å². The molecule has 0 radical (unpaired) electrons. The molecule has 0 N–H and O–H groups in total. The third-order valence-electron chi connectivity index (χ3n) is 3.42. The molecule has 0 unspecified atom stereocenters. The molecule has 0 amide bonds. The molecule has 5 heteroatoms. The molecule has 0 bridgehead atoms. The van der Waals surface area contributed by atoms with Crippen molar-refractivity contribution in [1.29, 1.82) is 0 Å². The number of allylic oxidation sites excluding steroid dienone is 1. The fourth-order valence-electron chi connectivity index (χ4n) is 1.69. The van der Waals surface area contributed by atoms with Crippen molar-refractivity contribution < 1.29 is 23.8 Å². The van der Waals surface area contributed by atoms with Gasteiger partial charge in [-0.1, -0.05) is 24.3 Å². The molecule has 0 aliphatic heterocycles. The largest absolute Gasteiger partial charge is 0.497 e. The SMILES string of the molecule is CC=C(C)C(=O)OCC=C(C)C(=O)OCC=Cc1ccc(OC)cc1. The Hall–Kier alpha value is -2.82. The fourth-order valence-corrected chi connectivity index (χ4v) is 1.69. The zero-order valence-corrected chi connectivity index (χ0v) is 15.1. The van der Waals surface area contributed by atoms with Gasteiger partial charge in [0.25, 0.3) is 0 Å². The summed E-state index contributed by atoms with van der Waals surface area (Å²) in [6.45, 7) is 5.24. The lowest BCUT2D eigenvalue weighted by atomic mass is 10.2. The summed E-state index contributed by atoms with van der Waals surface area (Å²) in [6, 6.07) is 7.53. The quantitative estimate of drug-likeness (QED) is 0.531. The molecule has 25 heavy (non-hydrogen) atoms. The van der Waals surface area contributed by atoms with Crippen LogP contribution in [0.25, 0.3) is 6.08 Å². The van der Waals surface area contributed by atoms with Crippen LogP contribution in [-0.2, 0) is 19.1 Å². The third kappa shape index (κ3) is 7.52. The molecule has 0 aliphatic carbocycles. The van der Waals surface area contributed by atoms with E-state index in [1.54, 1.807) is 40.0 Å². The monoisotopic (exact) mass is 344 g/mol. The molecule has 1 aromatic carbocycles. The molecule has 0 saturated heterocycles. The normalized spacial score (nSPS) is 12.2. The van der Waals surface area contributed by atoms with E-state index in [1.165, 1.54) is 6.08 Å². The number of hydrogen-bond donors (Lipinski definition) is 0. The topological polar surface area (TPSA) is 61.8 Å². The highest BCUT2D eigenvalue weighted by Gasteiger charge is 2.06. The highest BCUT2D eigenvalue weighted by Crippen LogP contribution is 2.12. The Morgan fingerprint density at radius 3 is 2.16 bits per heavy atom. The molecule has 0 fully saturated rings. The van der Waals surface area contributed by atoms with Crippen molar-refractivity contribution in [3.63, 3.8) is 0 Å². The smallest absolute Gasteiger partial charge is 0.333 e. The van der Waals surface area contributed by atoms with Gasteiger partial charge in [0.1, 0.15) is 19.0 Å². The first-order valence-electron chi connectivity index (χ1n) is 7.92. The highest BCUT2D eigenvalue weighted by molar-refractivity contribution is 5.89. The summed E-state index contributed by atoms with van der Waals surface area (Å²) >= 11 is 0. The van der Waals surface area contributed by atoms with E-state index >= 15 is 0 Å². The standard InChI is InChI=1S/C20H24O5/c1-5-15(2)19(21)25-14-12-16(3)20(22)24-13-6-7-17-8-10-18(23-4)11-9-17/h5-12H,13-14H2,1-4H3. The Kier molecular flexibility index (Phi) is 8.79. The molecule has 1 rings (SSSR count). The molecule has 0 aliphatic rings. The van der Waals surface area contributed by atoms with Crippen molar-refractivity contribution in [2.75, 3.05) is 20.3 Å². The molecular formula is C20H24O5. The number of hydrogen-bond acceptors (Lipinski definition) is 5. The summed E-state index contributed by atoms with van der Waals surface area (Å²) < 4.78 is 15.2. The maximum atomic E-state index is 11.8. The van der Waals surface area contributed by atoms with Gasteiger partial charge in [-0.25, -0.2) is 9.59 Å². The van der Waals surface area contributed by atoms with E-state index in [0.29, 0.717) is 11.1 Å². The number of rotatable bonds is 8. The molecule has 134 valence electrons. The van der Waals surface area contributed by atoms with Crippen molar-refractivity contribution in [2.45, 2.75) is 20.8 Å². The van der Waals surface area contributed by atoms with Crippen LogP contribution in [0.3, 0.4) is 0 Å². The van der Waals surface area contributed by atoms with Crippen LogP contribution in [0, 0.1) is 0 Å². The summed E-state index contributed by atoms with van der Waals surface area (Å²) in [5, 5.41) is 0. The van der Waals surface area contributed by atoms with Gasteiger partial charge < -0.3 is 14.2 Å². The van der Waals surface area contributed by atoms with Crippen LogP contribution in [0.5, 0.6) is 5.75 Å². The van der Waals surface area contributed by atoms with E-state index in [0.717, 1.165) is 11.3 Å². The summed E-state index contributed by atoms with van der Waals surface area (Å²) in [5.41, 5.74) is 1.90. The van der Waals surface area contributed by atoms with E-state index in [4.69, 9.17) is 14.2 Å². The Labute approximate surface area is 148 Å². The molecule has 0 atom stereocenters. The number of ether oxygens (including phenoxy) is 3. The molecule has 5 nitrogen and oxygen atoms in total. The van der Waals surface area contributed by atoms with Gasteiger partial charge in [0.2, 0.25) is 0 Å². The first kappa shape index (κ1) is 20.2. The molecule has 0 aromatic heterocycles. The fraction of sp³-hybridized carbons (Fsp3) is 0.300. The van der Waals surface area contributed by atoms with Gasteiger partial charge in [0.15, 0.2) is 0 Å². The minimum Gasteiger partial charge on any atom is -0.497 e. The van der Waals surface area contributed by atoms with E-state index in [2.05, 4.69) is 0 Å². The number of carbonyl (C=O) groups excluding carboxylic acids is 2. The van der Waals surface area contributed by atoms with Crippen molar-refractivity contribution >= 4 is 18.0 Å². The van der Waals surface area contributed by atoms with Crippen LogP contribution in [0.4, 0.5) is 0 Å². The second-order valence-corrected chi connectivity index (χ2v) is 5.23. The number of esters is 2. The van der Waals surface area contributed by atoms with E-state index < -0.39 is 11.9 Å². The minimum atomic E-state index is -0.446. The average Bonchev–Trinajstić information content (AvgIpc) is 2.64. The lowest BCUT2D eigenvalue weighted by molar-refractivity contribution is -0.139. The van der Waals surface area contributed by atoms with Crippen molar-refractivity contribution in [3.05, 3.63) is 59.2 Å². The Morgan fingerprint density at radius 2 is 1.56 bits per heavy atom. The van der Waals surface area contributed by atoms with E-state index in [1.807, 2.05) is 30.3 Å². The lowest BCUT2D eigenvalue weighted by Crippen LogP contribution is -2.09. The van der Waals surface area contributed by atoms with Gasteiger partial charge in [-0.15, -0.1) is 0 Å². The average molecular weight is 344 g/mol. The van der Waals surface area contributed by atoms with Crippen LogP contribution in [-0.4, -0.2) is 32.3 Å². The van der Waals surface area contributed by atoms with E-state index in [9.17, 15) is 9.59 Å². The molecule has 0 heterocycles. The van der Waals surface area contributed by atoms with Crippen LogP contribution >= 0.6 is 0 Å². The molecular weight excluding hydrogens is 320 g/mol. The van der Waals surface area contributed by atoms with Gasteiger partial charge in [-0.3, -0.25) is 0 Å². The Bertz CT molecular complexity index is 666. The van der Waals surface area contributed by atoms with Crippen LogP contribution in [0.15, 0.2) is 53.6 Å². The predicted molar refractivity (Wildman–Crippen MR) is 97.1 cm³/mol. The maximum Gasteiger partial charge on any atom is 0.333 e. The van der Waals surface area contributed by atoms with Crippen LogP contribution in [0.1, 0.15) is 26.3 Å². The summed E-state index contributed by atoms with van der Waals surface area (Å²) in [5.74, 6) is -0.0600. The number of methoxy groups -OCH3 is 1. The third-order valence-corrected chi connectivity index (χ3v) is 3.42. The zero-order chi connectivity index (χ0) is 18.7. The van der Waals surface area contributed by atoms with Crippen molar-refractivity contribution in [3.8, 4) is 5.75 Å². The zero-order valence-electron chi connectivity index (χ0n) is 15.1. The second kappa shape index (κ2) is 10.9. The summed E-state index contributed by atoms with van der Waals surface area (Å²) in [7, 11) is 1.61. The Balaban J connectivity index is 2.38. The first-order chi connectivity index (χ1) is 12.0. The molecule has 0 saturated carbocycles. The first-order valence-corrected chi connectivity index (χ1v) is 7.92. The maximum absolute atomic E-state index is 11.8. The van der Waals surface area contributed by atoms with Crippen molar-refractivity contribution in [2.24, 2.45) is 0 Å². The van der Waals surface area contributed by atoms with Gasteiger partial charge in [0.05, 0.1) is 7.11 Å². The van der Waals surface area contributed by atoms with Gasteiger partial charge >= 0.3 is 11.9 Å². The molecule has 1 aromatic rings. The van der Waals surface area contributed by atoms with E-state index in [-0.39, 0.29) is 13.2 Å². The summed E-state index contributed by atoms with van der Waals surface area (Å²) in [6.07, 6.45) is 6.80. The minimum absolute atomic E-state index is 0.0344. The van der Waals surface area contributed by atoms with Gasteiger partial charge in [0, 0.05) is 11.1 Å². The number of carbonyl (C=O) groups is 2. The van der Waals surface area contributed by atoms with Gasteiger partial charge in [-0.2, -0.15) is 0 Å². The Morgan fingerprint density at radius 1 is 0.960 bits per heavy atom. The predicted octanol–water partition coefficient (Wildman–Crippen LogP) is 3.71. The second-order valence-electron chi connectivity index (χ2n) is 5.23. The molecule has 0 spiro atoms. The van der Waals surface area contributed by atoms with Crippen LogP contribution < -0.4 is 4.74 Å². The lowest BCUT2D eigenvalue weighted by Gasteiger charge is -2.04. The highest BCUT2D eigenvalue weighted by atomic mass is 16.5. The number of benzene rings is 1. The van der Waals surface area contributed by atoms with Crippen molar-refractivity contribution in [1.82, 2.24) is 0 Å². The summed E-state index contributed by atoms with van der Waals surface area (Å²) in [4.78, 5) is 23.3. The van der Waals surface area contributed by atoms with Gasteiger partial charge in [-0.05, 0) is 50.6 Å².